The van der Waals surface area contributed by atoms with E-state index in [4.69, 9.17) is 0 Å². The van der Waals surface area contributed by atoms with Crippen LogP contribution in [0.25, 0.3) is 53.2 Å². The standard InChI is InChI=1S/C52H38N2S/c1-5-17-37(18-6-1)40-22-15-28-44(35-40)53(42-24-9-3-10-25-42)48-33-34-49(52-50(48)47-32-31-39-21-13-14-30-46(39)51(47)55-52)54(43-26-11-4-12-27-43)45-29-16-23-41(36-45)38-19-7-2-8-20-38/h1-9,11-24,26-36H,10,25H2. The Bertz CT molecular complexity index is 2870. The van der Waals surface area contributed by atoms with Gasteiger partial charge in [0.15, 0.2) is 0 Å². The van der Waals surface area contributed by atoms with Gasteiger partial charge in [-0.1, -0.05) is 152 Å². The summed E-state index contributed by atoms with van der Waals surface area (Å²) in [5, 5.41) is 5.09. The Morgan fingerprint density at radius 1 is 0.418 bits per heavy atom. The highest BCUT2D eigenvalue weighted by molar-refractivity contribution is 7.27. The predicted molar refractivity (Wildman–Crippen MR) is 237 cm³/mol. The molecule has 0 spiro atoms. The molecule has 0 atom stereocenters. The first kappa shape index (κ1) is 32.9. The monoisotopic (exact) mass is 722 g/mol. The fraction of sp³-hybridized carbons (Fsp3) is 0.0385. The topological polar surface area (TPSA) is 6.48 Å². The van der Waals surface area contributed by atoms with Gasteiger partial charge in [0.2, 0.25) is 0 Å². The summed E-state index contributed by atoms with van der Waals surface area (Å²) in [5.74, 6) is 0. The van der Waals surface area contributed by atoms with E-state index < -0.39 is 0 Å². The van der Waals surface area contributed by atoms with E-state index in [2.05, 4.69) is 216 Å². The molecule has 8 aromatic carbocycles. The molecule has 0 N–H and O–H groups in total. The van der Waals surface area contributed by atoms with Crippen LogP contribution in [0.3, 0.4) is 0 Å². The second-order valence-corrected chi connectivity index (χ2v) is 15.1. The van der Waals surface area contributed by atoms with E-state index in [9.17, 15) is 0 Å². The lowest BCUT2D eigenvalue weighted by atomic mass is 10.00. The summed E-state index contributed by atoms with van der Waals surface area (Å²) < 4.78 is 2.57. The highest BCUT2D eigenvalue weighted by atomic mass is 32.1. The third-order valence-corrected chi connectivity index (χ3v) is 11.9. The van der Waals surface area contributed by atoms with E-state index in [1.165, 1.54) is 64.6 Å². The van der Waals surface area contributed by atoms with Gasteiger partial charge >= 0.3 is 0 Å². The first-order valence-electron chi connectivity index (χ1n) is 19.0. The second kappa shape index (κ2) is 14.3. The number of para-hydroxylation sites is 1. The number of fused-ring (bicyclic) bond motifs is 5. The molecule has 0 amide bonds. The Morgan fingerprint density at radius 3 is 1.67 bits per heavy atom. The highest BCUT2D eigenvalue weighted by Crippen LogP contribution is 2.52. The number of rotatable bonds is 8. The van der Waals surface area contributed by atoms with Gasteiger partial charge in [-0.05, 0) is 100 Å². The van der Waals surface area contributed by atoms with Crippen LogP contribution in [-0.4, -0.2) is 0 Å². The van der Waals surface area contributed by atoms with Crippen LogP contribution in [0.5, 0.6) is 0 Å². The lowest BCUT2D eigenvalue weighted by Gasteiger charge is -2.32. The molecule has 9 aromatic rings. The summed E-state index contributed by atoms with van der Waals surface area (Å²) in [6.45, 7) is 0. The van der Waals surface area contributed by atoms with E-state index in [1.54, 1.807) is 0 Å². The van der Waals surface area contributed by atoms with E-state index in [1.807, 2.05) is 11.3 Å². The van der Waals surface area contributed by atoms with Crippen molar-refractivity contribution >= 4 is 70.7 Å². The summed E-state index contributed by atoms with van der Waals surface area (Å²) in [7, 11) is 0. The number of anilines is 5. The maximum absolute atomic E-state index is 2.52. The van der Waals surface area contributed by atoms with Crippen molar-refractivity contribution < 1.29 is 0 Å². The van der Waals surface area contributed by atoms with Crippen molar-refractivity contribution in [3.63, 3.8) is 0 Å². The Morgan fingerprint density at radius 2 is 1.00 bits per heavy atom. The van der Waals surface area contributed by atoms with Crippen LogP contribution in [0.4, 0.5) is 28.4 Å². The SMILES string of the molecule is C1=CCCC(N(c2cccc(-c3ccccc3)c2)c2ccc(N(c3ccccc3)c3cccc(-c4ccccc4)c3)c3sc4c5ccccc5ccc4c23)=C1. The zero-order valence-electron chi connectivity index (χ0n) is 30.3. The molecule has 3 heteroatoms. The predicted octanol–water partition coefficient (Wildman–Crippen LogP) is 15.4. The van der Waals surface area contributed by atoms with Gasteiger partial charge < -0.3 is 9.80 Å². The molecular weight excluding hydrogens is 685 g/mol. The fourth-order valence-corrected chi connectivity index (χ4v) is 9.45. The smallest absolute Gasteiger partial charge is 0.0641 e. The first-order chi connectivity index (χ1) is 27.3. The minimum Gasteiger partial charge on any atom is -0.314 e. The Labute approximate surface area is 326 Å². The number of thiophene rings is 1. The third-order valence-electron chi connectivity index (χ3n) is 10.7. The highest BCUT2D eigenvalue weighted by Gasteiger charge is 2.26. The molecule has 0 saturated carbocycles. The molecule has 0 aliphatic heterocycles. The zero-order chi connectivity index (χ0) is 36.6. The van der Waals surface area contributed by atoms with Crippen LogP contribution >= 0.6 is 11.3 Å². The summed E-state index contributed by atoms with van der Waals surface area (Å²) in [5.41, 5.74) is 11.9. The number of allylic oxidation sites excluding steroid dienone is 4. The van der Waals surface area contributed by atoms with Gasteiger partial charge in [0.25, 0.3) is 0 Å². The molecule has 0 unspecified atom stereocenters. The molecule has 1 aliphatic carbocycles. The lowest BCUT2D eigenvalue weighted by Crippen LogP contribution is -2.18. The summed E-state index contributed by atoms with van der Waals surface area (Å²) in [6.07, 6.45) is 8.76. The van der Waals surface area contributed by atoms with Gasteiger partial charge in [-0.25, -0.2) is 0 Å². The molecule has 10 rings (SSSR count). The molecule has 262 valence electrons. The Kier molecular flexibility index (Phi) is 8.55. The van der Waals surface area contributed by atoms with Gasteiger partial charge in [0.05, 0.1) is 16.1 Å². The van der Waals surface area contributed by atoms with Gasteiger partial charge in [-0.3, -0.25) is 0 Å². The number of hydrogen-bond acceptors (Lipinski definition) is 3. The van der Waals surface area contributed by atoms with Gasteiger partial charge in [0, 0.05) is 38.2 Å². The number of nitrogens with zero attached hydrogens (tertiary/aromatic N) is 2. The van der Waals surface area contributed by atoms with Crippen molar-refractivity contribution in [2.45, 2.75) is 12.8 Å². The van der Waals surface area contributed by atoms with Crippen LogP contribution in [0, 0.1) is 0 Å². The first-order valence-corrected chi connectivity index (χ1v) is 19.8. The molecule has 0 radical (unpaired) electrons. The van der Waals surface area contributed by atoms with Gasteiger partial charge in [-0.15, -0.1) is 11.3 Å². The summed E-state index contributed by atoms with van der Waals surface area (Å²) >= 11 is 1.91. The van der Waals surface area contributed by atoms with Crippen LogP contribution in [-0.2, 0) is 0 Å². The fourth-order valence-electron chi connectivity index (χ4n) is 8.09. The van der Waals surface area contributed by atoms with E-state index in [-0.39, 0.29) is 0 Å². The van der Waals surface area contributed by atoms with Crippen molar-refractivity contribution in [2.24, 2.45) is 0 Å². The Hall–Kier alpha value is -6.68. The van der Waals surface area contributed by atoms with E-state index >= 15 is 0 Å². The van der Waals surface area contributed by atoms with Gasteiger partial charge in [0.1, 0.15) is 0 Å². The molecule has 2 nitrogen and oxygen atoms in total. The largest absolute Gasteiger partial charge is 0.314 e. The van der Waals surface area contributed by atoms with Gasteiger partial charge in [-0.2, -0.15) is 0 Å². The summed E-state index contributed by atoms with van der Waals surface area (Å²) in [6, 6.07) is 68.4. The molecular formula is C52H38N2S. The third kappa shape index (κ3) is 6.09. The van der Waals surface area contributed by atoms with Crippen LogP contribution in [0.1, 0.15) is 12.8 Å². The minimum atomic E-state index is 0.961. The molecule has 55 heavy (non-hydrogen) atoms. The quantitative estimate of drug-likeness (QED) is 0.154. The van der Waals surface area contributed by atoms with Crippen molar-refractivity contribution in [1.29, 1.82) is 0 Å². The average molecular weight is 723 g/mol. The maximum atomic E-state index is 2.52. The van der Waals surface area contributed by atoms with Crippen LogP contribution in [0.2, 0.25) is 0 Å². The van der Waals surface area contributed by atoms with E-state index in [0.29, 0.717) is 0 Å². The number of benzene rings is 8. The van der Waals surface area contributed by atoms with Crippen molar-refractivity contribution in [3.8, 4) is 22.3 Å². The van der Waals surface area contributed by atoms with Crippen LogP contribution < -0.4 is 9.80 Å². The average Bonchev–Trinajstić information content (AvgIpc) is 3.67. The molecule has 1 aliphatic rings. The molecule has 0 fully saturated rings. The minimum absolute atomic E-state index is 0.961. The van der Waals surface area contributed by atoms with E-state index in [0.717, 1.165) is 35.6 Å². The Balaban J connectivity index is 1.26. The molecule has 1 aromatic heterocycles. The zero-order valence-corrected chi connectivity index (χ0v) is 31.2. The van der Waals surface area contributed by atoms with Crippen LogP contribution in [0.15, 0.2) is 212 Å². The van der Waals surface area contributed by atoms with Crippen molar-refractivity contribution in [1.82, 2.24) is 0 Å². The maximum Gasteiger partial charge on any atom is 0.0641 e. The number of hydrogen-bond donors (Lipinski definition) is 0. The molecule has 0 saturated heterocycles. The molecule has 1 heterocycles. The second-order valence-electron chi connectivity index (χ2n) is 14.0. The van der Waals surface area contributed by atoms with Crippen molar-refractivity contribution in [3.05, 3.63) is 212 Å². The molecule has 0 bridgehead atoms. The lowest BCUT2D eigenvalue weighted by molar-refractivity contribution is 0.919. The van der Waals surface area contributed by atoms with Crippen molar-refractivity contribution in [2.75, 3.05) is 9.80 Å². The normalized spacial score (nSPS) is 12.6. The summed E-state index contributed by atoms with van der Waals surface area (Å²) in [4.78, 5) is 4.96.